The van der Waals surface area contributed by atoms with Crippen LogP contribution in [0.3, 0.4) is 0 Å². The fourth-order valence-corrected chi connectivity index (χ4v) is 4.82. The molecule has 1 atom stereocenters. The predicted octanol–water partition coefficient (Wildman–Crippen LogP) is 2.42. The highest BCUT2D eigenvalue weighted by molar-refractivity contribution is 5.79. The van der Waals surface area contributed by atoms with E-state index in [-0.39, 0.29) is 5.60 Å². The maximum Gasteiger partial charge on any atom is 0.225 e. The smallest absolute Gasteiger partial charge is 0.225 e. The van der Waals surface area contributed by atoms with Gasteiger partial charge in [-0.05, 0) is 64.5 Å². The Labute approximate surface area is 134 Å². The molecule has 4 heteroatoms. The number of amides is 1. The van der Waals surface area contributed by atoms with Crippen molar-refractivity contribution in [1.29, 1.82) is 0 Å². The lowest BCUT2D eigenvalue weighted by Gasteiger charge is -2.48. The Bertz CT molecular complexity index is 407. The first-order valence-corrected chi connectivity index (χ1v) is 9.43. The molecule has 0 aromatic heterocycles. The SMILES string of the molecule is O=C(C1CCC1)N1CCC2(CC1)CC(N1CCCC1)CCO2. The van der Waals surface area contributed by atoms with Crippen LogP contribution in [0.4, 0.5) is 0 Å². The zero-order valence-corrected chi connectivity index (χ0v) is 13.8. The molecule has 1 spiro atoms. The first-order chi connectivity index (χ1) is 10.8. The summed E-state index contributed by atoms with van der Waals surface area (Å²) in [6, 6.07) is 0.727. The summed E-state index contributed by atoms with van der Waals surface area (Å²) in [5.74, 6) is 0.770. The van der Waals surface area contributed by atoms with Gasteiger partial charge in [-0.15, -0.1) is 0 Å². The quantitative estimate of drug-likeness (QED) is 0.785. The molecule has 0 aromatic rings. The van der Waals surface area contributed by atoms with Crippen molar-refractivity contribution in [2.24, 2.45) is 5.92 Å². The molecule has 1 unspecified atom stereocenters. The summed E-state index contributed by atoms with van der Waals surface area (Å²) in [5.41, 5.74) is 0.0713. The summed E-state index contributed by atoms with van der Waals surface area (Å²) >= 11 is 0. The molecule has 4 nitrogen and oxygen atoms in total. The van der Waals surface area contributed by atoms with Gasteiger partial charge in [0, 0.05) is 31.7 Å². The molecule has 3 saturated heterocycles. The summed E-state index contributed by atoms with van der Waals surface area (Å²) in [6.07, 6.45) is 10.7. The van der Waals surface area contributed by atoms with Crippen molar-refractivity contribution in [3.63, 3.8) is 0 Å². The van der Waals surface area contributed by atoms with Gasteiger partial charge in [-0.3, -0.25) is 4.79 Å². The lowest BCUT2D eigenvalue weighted by atomic mass is 9.80. The van der Waals surface area contributed by atoms with Crippen LogP contribution < -0.4 is 0 Å². The van der Waals surface area contributed by atoms with Crippen molar-refractivity contribution in [3.8, 4) is 0 Å². The van der Waals surface area contributed by atoms with E-state index in [4.69, 9.17) is 4.74 Å². The van der Waals surface area contributed by atoms with Crippen LogP contribution >= 0.6 is 0 Å². The maximum atomic E-state index is 12.4. The Morgan fingerprint density at radius 3 is 2.32 bits per heavy atom. The summed E-state index contributed by atoms with van der Waals surface area (Å²) in [7, 11) is 0. The predicted molar refractivity (Wildman–Crippen MR) is 85.7 cm³/mol. The lowest BCUT2D eigenvalue weighted by Crippen LogP contribution is -2.55. The molecule has 0 bridgehead atoms. The van der Waals surface area contributed by atoms with Crippen LogP contribution in [0.2, 0.25) is 0 Å². The molecule has 0 radical (unpaired) electrons. The minimum absolute atomic E-state index is 0.0713. The molecule has 22 heavy (non-hydrogen) atoms. The van der Waals surface area contributed by atoms with E-state index in [0.29, 0.717) is 11.8 Å². The molecule has 3 heterocycles. The third-order valence-corrected chi connectivity index (χ3v) is 6.56. The van der Waals surface area contributed by atoms with Gasteiger partial charge in [0.15, 0.2) is 0 Å². The third kappa shape index (κ3) is 2.80. The molecular formula is C18H30N2O2. The molecule has 0 aromatic carbocycles. The van der Waals surface area contributed by atoms with Gasteiger partial charge in [0.1, 0.15) is 0 Å². The number of rotatable bonds is 2. The van der Waals surface area contributed by atoms with Crippen molar-refractivity contribution in [1.82, 2.24) is 9.80 Å². The van der Waals surface area contributed by atoms with Crippen molar-refractivity contribution >= 4 is 5.91 Å². The first kappa shape index (κ1) is 14.9. The van der Waals surface area contributed by atoms with Gasteiger partial charge in [0.25, 0.3) is 0 Å². The van der Waals surface area contributed by atoms with E-state index in [1.165, 1.54) is 45.2 Å². The molecule has 1 saturated carbocycles. The highest BCUT2D eigenvalue weighted by atomic mass is 16.5. The summed E-state index contributed by atoms with van der Waals surface area (Å²) in [6.45, 7) is 5.32. The van der Waals surface area contributed by atoms with Crippen LogP contribution in [-0.4, -0.2) is 60.1 Å². The standard InChI is InChI=1S/C18H30N2O2/c21-17(15-4-3-5-15)20-11-7-18(8-12-20)14-16(6-13-22-18)19-9-1-2-10-19/h15-16H,1-14H2. The second kappa shape index (κ2) is 6.12. The number of hydrogen-bond acceptors (Lipinski definition) is 3. The molecule has 4 fully saturated rings. The highest BCUT2D eigenvalue weighted by Crippen LogP contribution is 2.38. The fraction of sp³-hybridized carbons (Fsp3) is 0.944. The molecule has 1 aliphatic carbocycles. The van der Waals surface area contributed by atoms with Gasteiger partial charge in [-0.1, -0.05) is 6.42 Å². The van der Waals surface area contributed by atoms with Gasteiger partial charge in [0.05, 0.1) is 5.60 Å². The number of carbonyl (C=O) groups is 1. The molecular weight excluding hydrogens is 276 g/mol. The average molecular weight is 306 g/mol. The van der Waals surface area contributed by atoms with Crippen molar-refractivity contribution in [2.75, 3.05) is 32.8 Å². The Morgan fingerprint density at radius 1 is 0.955 bits per heavy atom. The van der Waals surface area contributed by atoms with Gasteiger partial charge in [0.2, 0.25) is 5.91 Å². The van der Waals surface area contributed by atoms with Gasteiger partial charge in [-0.25, -0.2) is 0 Å². The molecule has 3 aliphatic heterocycles. The minimum atomic E-state index is 0.0713. The Balaban J connectivity index is 1.33. The van der Waals surface area contributed by atoms with E-state index in [1.54, 1.807) is 0 Å². The zero-order chi connectivity index (χ0) is 15.0. The number of likely N-dealkylation sites (tertiary alicyclic amines) is 2. The van der Waals surface area contributed by atoms with Crippen LogP contribution in [0.25, 0.3) is 0 Å². The third-order valence-electron chi connectivity index (χ3n) is 6.56. The fourth-order valence-electron chi connectivity index (χ4n) is 4.82. The van der Waals surface area contributed by atoms with Crippen LogP contribution in [0.5, 0.6) is 0 Å². The topological polar surface area (TPSA) is 32.8 Å². The number of ether oxygens (including phenoxy) is 1. The van der Waals surface area contributed by atoms with Crippen LogP contribution in [0.15, 0.2) is 0 Å². The summed E-state index contributed by atoms with van der Waals surface area (Å²) in [4.78, 5) is 17.2. The van der Waals surface area contributed by atoms with E-state index < -0.39 is 0 Å². The van der Waals surface area contributed by atoms with Crippen molar-refractivity contribution < 1.29 is 9.53 Å². The second-order valence-electron chi connectivity index (χ2n) is 7.87. The first-order valence-electron chi connectivity index (χ1n) is 9.43. The Kier molecular flexibility index (Phi) is 4.16. The number of nitrogens with zero attached hydrogens (tertiary/aromatic N) is 2. The summed E-state index contributed by atoms with van der Waals surface area (Å²) < 4.78 is 6.26. The van der Waals surface area contributed by atoms with E-state index >= 15 is 0 Å². The van der Waals surface area contributed by atoms with E-state index in [0.717, 1.165) is 51.4 Å². The highest BCUT2D eigenvalue weighted by Gasteiger charge is 2.43. The monoisotopic (exact) mass is 306 g/mol. The molecule has 0 N–H and O–H groups in total. The Hall–Kier alpha value is -0.610. The lowest BCUT2D eigenvalue weighted by molar-refractivity contribution is -0.153. The summed E-state index contributed by atoms with van der Waals surface area (Å²) in [5, 5.41) is 0. The number of piperidine rings is 1. The molecule has 1 amide bonds. The van der Waals surface area contributed by atoms with Crippen molar-refractivity contribution in [2.45, 2.75) is 69.4 Å². The molecule has 4 rings (SSSR count). The average Bonchev–Trinajstić information content (AvgIpc) is 3.00. The normalized spacial score (nSPS) is 33.1. The molecule has 124 valence electrons. The van der Waals surface area contributed by atoms with Gasteiger partial charge >= 0.3 is 0 Å². The Morgan fingerprint density at radius 2 is 1.68 bits per heavy atom. The second-order valence-corrected chi connectivity index (χ2v) is 7.87. The van der Waals surface area contributed by atoms with Crippen LogP contribution in [-0.2, 0) is 9.53 Å². The largest absolute Gasteiger partial charge is 0.375 e. The maximum absolute atomic E-state index is 12.4. The number of carbonyl (C=O) groups excluding carboxylic acids is 1. The van der Waals surface area contributed by atoms with Crippen LogP contribution in [0.1, 0.15) is 57.8 Å². The van der Waals surface area contributed by atoms with E-state index in [1.807, 2.05) is 0 Å². The van der Waals surface area contributed by atoms with E-state index in [2.05, 4.69) is 9.80 Å². The van der Waals surface area contributed by atoms with E-state index in [9.17, 15) is 4.79 Å². The van der Waals surface area contributed by atoms with Gasteiger partial charge < -0.3 is 14.5 Å². The number of hydrogen-bond donors (Lipinski definition) is 0. The zero-order valence-electron chi connectivity index (χ0n) is 13.8. The molecule has 4 aliphatic rings. The van der Waals surface area contributed by atoms with Crippen molar-refractivity contribution in [3.05, 3.63) is 0 Å². The van der Waals surface area contributed by atoms with Crippen LogP contribution in [0, 0.1) is 5.92 Å². The minimum Gasteiger partial charge on any atom is -0.375 e. The van der Waals surface area contributed by atoms with Gasteiger partial charge in [-0.2, -0.15) is 0 Å².